The summed E-state index contributed by atoms with van der Waals surface area (Å²) in [6, 6.07) is 0. The number of hydrogen-bond donors (Lipinski definition) is 0. The van der Waals surface area contributed by atoms with Crippen molar-refractivity contribution in [2.24, 2.45) is 5.92 Å². The minimum atomic E-state index is -0.309. The van der Waals surface area contributed by atoms with Crippen molar-refractivity contribution >= 4 is 11.9 Å². The van der Waals surface area contributed by atoms with E-state index in [9.17, 15) is 9.59 Å². The molecule has 20 heavy (non-hydrogen) atoms. The van der Waals surface area contributed by atoms with E-state index >= 15 is 0 Å². The molecule has 0 aromatic heterocycles. The molecule has 0 saturated heterocycles. The lowest BCUT2D eigenvalue weighted by Gasteiger charge is -2.10. The summed E-state index contributed by atoms with van der Waals surface area (Å²) < 4.78 is 10.2. The monoisotopic (exact) mass is 286 g/mol. The van der Waals surface area contributed by atoms with Crippen LogP contribution in [0.4, 0.5) is 0 Å². The Morgan fingerprint density at radius 3 is 2.15 bits per heavy atom. The Kier molecular flexibility index (Phi) is 12.3. The van der Waals surface area contributed by atoms with Crippen molar-refractivity contribution in [3.05, 3.63) is 0 Å². The summed E-state index contributed by atoms with van der Waals surface area (Å²) in [6.45, 7) is 7.20. The Hall–Kier alpha value is -1.06. The molecule has 1 atom stereocenters. The molecule has 0 rings (SSSR count). The maximum atomic E-state index is 11.4. The van der Waals surface area contributed by atoms with Gasteiger partial charge in [0.1, 0.15) is 0 Å². The number of carbonyl (C=O) groups excluding carboxylic acids is 2. The molecule has 4 nitrogen and oxygen atoms in total. The third-order valence-corrected chi connectivity index (χ3v) is 3.10. The van der Waals surface area contributed by atoms with Crippen molar-refractivity contribution in [2.45, 2.75) is 72.1 Å². The lowest BCUT2D eigenvalue weighted by atomic mass is 10.1. The largest absolute Gasteiger partial charge is 0.466 e. The van der Waals surface area contributed by atoms with Gasteiger partial charge in [0, 0.05) is 0 Å². The first-order valence-electron chi connectivity index (χ1n) is 7.91. The molecule has 0 saturated carbocycles. The Balaban J connectivity index is 3.51. The Morgan fingerprint density at radius 1 is 0.900 bits per heavy atom. The summed E-state index contributed by atoms with van der Waals surface area (Å²) in [5.74, 6) is -0.231. The van der Waals surface area contributed by atoms with Gasteiger partial charge in [0.15, 0.2) is 0 Å². The molecule has 0 bridgehead atoms. The molecule has 0 aliphatic heterocycles. The van der Waals surface area contributed by atoms with E-state index in [0.29, 0.717) is 19.1 Å². The topological polar surface area (TPSA) is 52.6 Å². The van der Waals surface area contributed by atoms with Crippen LogP contribution in [0.25, 0.3) is 0 Å². The maximum absolute atomic E-state index is 11.4. The summed E-state index contributed by atoms with van der Waals surface area (Å²) in [5, 5.41) is 0. The minimum Gasteiger partial charge on any atom is -0.466 e. The lowest BCUT2D eigenvalue weighted by Crippen LogP contribution is -2.14. The van der Waals surface area contributed by atoms with Crippen LogP contribution in [0.1, 0.15) is 72.1 Å². The predicted octanol–water partition coefficient (Wildman–Crippen LogP) is 3.87. The quantitative estimate of drug-likeness (QED) is 0.404. The normalized spacial score (nSPS) is 11.9. The van der Waals surface area contributed by atoms with E-state index in [0.717, 1.165) is 32.1 Å². The van der Waals surface area contributed by atoms with Crippen LogP contribution in [0.3, 0.4) is 0 Å². The van der Waals surface area contributed by atoms with Crippen LogP contribution in [-0.4, -0.2) is 25.2 Å². The lowest BCUT2D eigenvalue weighted by molar-refractivity contribution is -0.151. The second-order valence-corrected chi connectivity index (χ2v) is 5.36. The predicted molar refractivity (Wildman–Crippen MR) is 79.4 cm³/mol. The molecular weight excluding hydrogens is 256 g/mol. The number of carbonyl (C=O) groups is 2. The first-order chi connectivity index (χ1) is 9.60. The van der Waals surface area contributed by atoms with E-state index in [1.54, 1.807) is 0 Å². The van der Waals surface area contributed by atoms with E-state index in [4.69, 9.17) is 9.47 Å². The summed E-state index contributed by atoms with van der Waals surface area (Å²) in [5.41, 5.74) is 0. The van der Waals surface area contributed by atoms with Crippen molar-refractivity contribution in [1.29, 1.82) is 0 Å². The molecular formula is C16H30O4. The van der Waals surface area contributed by atoms with Crippen LogP contribution in [0.5, 0.6) is 0 Å². The van der Waals surface area contributed by atoms with Crippen LogP contribution in [0.15, 0.2) is 0 Å². The van der Waals surface area contributed by atoms with E-state index in [2.05, 4.69) is 20.8 Å². The Bertz CT molecular complexity index is 263. The summed E-state index contributed by atoms with van der Waals surface area (Å²) in [4.78, 5) is 22.8. The molecule has 0 heterocycles. The van der Waals surface area contributed by atoms with E-state index in [1.165, 1.54) is 6.42 Å². The Morgan fingerprint density at radius 2 is 1.55 bits per heavy atom. The molecule has 0 aliphatic carbocycles. The number of unbranched alkanes of at least 4 members (excludes halogenated alkanes) is 3. The first-order valence-corrected chi connectivity index (χ1v) is 7.91. The van der Waals surface area contributed by atoms with Gasteiger partial charge in [-0.25, -0.2) is 0 Å². The summed E-state index contributed by atoms with van der Waals surface area (Å²) >= 11 is 0. The maximum Gasteiger partial charge on any atom is 0.306 e. The molecule has 4 heteroatoms. The van der Waals surface area contributed by atoms with Crippen molar-refractivity contribution in [1.82, 2.24) is 0 Å². The smallest absolute Gasteiger partial charge is 0.306 e. The van der Waals surface area contributed by atoms with Crippen LogP contribution in [0.2, 0.25) is 0 Å². The van der Waals surface area contributed by atoms with Gasteiger partial charge in [-0.2, -0.15) is 0 Å². The van der Waals surface area contributed by atoms with Crippen LogP contribution in [0, 0.1) is 5.92 Å². The standard InChI is InChI=1S/C16H30O4/c1-4-6-7-8-12-19-15(17)10-11-16(18)20-13-14(3)9-5-2/h14H,4-13H2,1-3H3. The molecule has 0 aromatic rings. The van der Waals surface area contributed by atoms with Gasteiger partial charge >= 0.3 is 11.9 Å². The Labute approximate surface area is 123 Å². The zero-order chi connectivity index (χ0) is 15.2. The molecule has 1 unspecified atom stereocenters. The van der Waals surface area contributed by atoms with Gasteiger partial charge < -0.3 is 9.47 Å². The third-order valence-electron chi connectivity index (χ3n) is 3.10. The van der Waals surface area contributed by atoms with Gasteiger partial charge in [-0.15, -0.1) is 0 Å². The molecule has 0 radical (unpaired) electrons. The van der Waals surface area contributed by atoms with Crippen LogP contribution >= 0.6 is 0 Å². The molecule has 0 amide bonds. The van der Waals surface area contributed by atoms with Crippen molar-refractivity contribution in [3.63, 3.8) is 0 Å². The van der Waals surface area contributed by atoms with E-state index in [1.807, 2.05) is 0 Å². The van der Waals surface area contributed by atoms with Crippen LogP contribution in [-0.2, 0) is 19.1 Å². The second-order valence-electron chi connectivity index (χ2n) is 5.36. The van der Waals surface area contributed by atoms with Gasteiger partial charge in [0.25, 0.3) is 0 Å². The second kappa shape index (κ2) is 12.9. The number of hydrogen-bond acceptors (Lipinski definition) is 4. The van der Waals surface area contributed by atoms with Crippen molar-refractivity contribution in [3.8, 4) is 0 Å². The molecule has 0 fully saturated rings. The van der Waals surface area contributed by atoms with E-state index < -0.39 is 0 Å². The SMILES string of the molecule is CCCCCCOC(=O)CCC(=O)OCC(C)CCC. The average molecular weight is 286 g/mol. The highest BCUT2D eigenvalue weighted by Crippen LogP contribution is 2.06. The minimum absolute atomic E-state index is 0.118. The van der Waals surface area contributed by atoms with Gasteiger partial charge in [-0.1, -0.05) is 46.5 Å². The number of rotatable bonds is 12. The number of esters is 2. The van der Waals surface area contributed by atoms with Crippen LogP contribution < -0.4 is 0 Å². The van der Waals surface area contributed by atoms with Gasteiger partial charge in [-0.05, 0) is 18.8 Å². The highest BCUT2D eigenvalue weighted by atomic mass is 16.5. The third kappa shape index (κ3) is 12.0. The molecule has 0 aromatic carbocycles. The molecule has 0 spiro atoms. The zero-order valence-electron chi connectivity index (χ0n) is 13.3. The zero-order valence-corrected chi connectivity index (χ0v) is 13.3. The number of ether oxygens (including phenoxy) is 2. The summed E-state index contributed by atoms with van der Waals surface area (Å²) in [6.07, 6.45) is 6.69. The van der Waals surface area contributed by atoms with Gasteiger partial charge in [-0.3, -0.25) is 9.59 Å². The highest BCUT2D eigenvalue weighted by molar-refractivity contribution is 5.77. The molecule has 0 aliphatic rings. The molecule has 118 valence electrons. The molecule has 0 N–H and O–H groups in total. The van der Waals surface area contributed by atoms with Crippen molar-refractivity contribution in [2.75, 3.05) is 13.2 Å². The first kappa shape index (κ1) is 18.9. The van der Waals surface area contributed by atoms with Crippen molar-refractivity contribution < 1.29 is 19.1 Å². The highest BCUT2D eigenvalue weighted by Gasteiger charge is 2.10. The fourth-order valence-electron chi connectivity index (χ4n) is 1.87. The van der Waals surface area contributed by atoms with Gasteiger partial charge in [0.2, 0.25) is 0 Å². The summed E-state index contributed by atoms with van der Waals surface area (Å²) in [7, 11) is 0. The fourth-order valence-corrected chi connectivity index (χ4v) is 1.87. The fraction of sp³-hybridized carbons (Fsp3) is 0.875. The van der Waals surface area contributed by atoms with E-state index in [-0.39, 0.29) is 24.8 Å². The average Bonchev–Trinajstić information content (AvgIpc) is 2.43. The van der Waals surface area contributed by atoms with Gasteiger partial charge in [0.05, 0.1) is 26.1 Å².